The molecule has 0 unspecified atom stereocenters. The summed E-state index contributed by atoms with van der Waals surface area (Å²) < 4.78 is 0. The molecule has 1 aromatic heterocycles. The molecule has 0 aliphatic rings. The van der Waals surface area contributed by atoms with Gasteiger partial charge < -0.3 is 10.3 Å². The molecule has 4 heteroatoms. The Balaban J connectivity index is 1.68. The predicted octanol–water partition coefficient (Wildman–Crippen LogP) is 3.12. The van der Waals surface area contributed by atoms with E-state index in [-0.39, 0.29) is 11.5 Å². The topological polar surface area (TPSA) is 62.0 Å². The summed E-state index contributed by atoms with van der Waals surface area (Å²) in [6.45, 7) is 4.30. The molecule has 1 heterocycles. The highest BCUT2D eigenvalue weighted by Crippen LogP contribution is 2.14. The average Bonchev–Trinajstić information content (AvgIpc) is 2.56. The van der Waals surface area contributed by atoms with E-state index in [4.69, 9.17) is 0 Å². The van der Waals surface area contributed by atoms with Crippen molar-refractivity contribution >= 4 is 16.8 Å². The summed E-state index contributed by atoms with van der Waals surface area (Å²) in [5.41, 5.74) is 4.29. The Hall–Kier alpha value is -2.88. The number of fused-ring (bicyclic) bond motifs is 1. The Labute approximate surface area is 140 Å². The van der Waals surface area contributed by atoms with Crippen molar-refractivity contribution in [2.45, 2.75) is 20.3 Å². The van der Waals surface area contributed by atoms with Gasteiger partial charge in [0, 0.05) is 23.2 Å². The van der Waals surface area contributed by atoms with Crippen LogP contribution in [0.3, 0.4) is 0 Å². The highest BCUT2D eigenvalue weighted by molar-refractivity contribution is 5.95. The fraction of sp³-hybridized carbons (Fsp3) is 0.200. The Kier molecular flexibility index (Phi) is 4.47. The standard InChI is InChI=1S/C20H20N2O2/c1-13-5-3-4-6-17(13)20(24)21-10-9-15-7-8-18-16(12-15)11-14(2)19(23)22-18/h3-8,11-12H,9-10H2,1-2H3,(H,21,24)(H,22,23). The van der Waals surface area contributed by atoms with Gasteiger partial charge in [0.1, 0.15) is 0 Å². The van der Waals surface area contributed by atoms with Crippen molar-refractivity contribution in [3.05, 3.63) is 81.1 Å². The first-order chi connectivity index (χ1) is 11.5. The van der Waals surface area contributed by atoms with Gasteiger partial charge in [-0.25, -0.2) is 0 Å². The van der Waals surface area contributed by atoms with Crippen LogP contribution in [0.15, 0.2) is 53.3 Å². The molecule has 0 saturated carbocycles. The van der Waals surface area contributed by atoms with E-state index in [9.17, 15) is 9.59 Å². The van der Waals surface area contributed by atoms with E-state index >= 15 is 0 Å². The normalized spacial score (nSPS) is 10.8. The molecule has 0 bridgehead atoms. The molecule has 0 atom stereocenters. The number of hydrogen-bond acceptors (Lipinski definition) is 2. The summed E-state index contributed by atoms with van der Waals surface area (Å²) in [6.07, 6.45) is 0.742. The average molecular weight is 320 g/mol. The van der Waals surface area contributed by atoms with Gasteiger partial charge in [-0.1, -0.05) is 24.3 Å². The van der Waals surface area contributed by atoms with Crippen LogP contribution in [-0.4, -0.2) is 17.4 Å². The van der Waals surface area contributed by atoms with Crippen LogP contribution in [0.4, 0.5) is 0 Å². The zero-order chi connectivity index (χ0) is 17.1. The second-order valence-corrected chi connectivity index (χ2v) is 6.02. The maximum absolute atomic E-state index is 12.2. The number of amides is 1. The van der Waals surface area contributed by atoms with Crippen LogP contribution >= 0.6 is 0 Å². The molecule has 3 aromatic rings. The van der Waals surface area contributed by atoms with Gasteiger partial charge in [0.15, 0.2) is 0 Å². The van der Waals surface area contributed by atoms with Crippen LogP contribution in [0.25, 0.3) is 10.9 Å². The summed E-state index contributed by atoms with van der Waals surface area (Å²) in [7, 11) is 0. The van der Waals surface area contributed by atoms with Crippen LogP contribution in [-0.2, 0) is 6.42 Å². The number of aromatic nitrogens is 1. The maximum atomic E-state index is 12.2. The molecule has 122 valence electrons. The lowest BCUT2D eigenvalue weighted by Crippen LogP contribution is -2.26. The van der Waals surface area contributed by atoms with E-state index < -0.39 is 0 Å². The molecule has 4 nitrogen and oxygen atoms in total. The molecule has 2 N–H and O–H groups in total. The number of benzene rings is 2. The number of rotatable bonds is 4. The second-order valence-electron chi connectivity index (χ2n) is 6.02. The van der Waals surface area contributed by atoms with Crippen LogP contribution in [0, 0.1) is 13.8 Å². The first kappa shape index (κ1) is 16.0. The van der Waals surface area contributed by atoms with Gasteiger partial charge in [0.05, 0.1) is 0 Å². The Morgan fingerprint density at radius 3 is 2.62 bits per heavy atom. The fourth-order valence-electron chi connectivity index (χ4n) is 2.76. The Bertz CT molecular complexity index is 957. The minimum absolute atomic E-state index is 0.0472. The summed E-state index contributed by atoms with van der Waals surface area (Å²) in [5, 5.41) is 3.97. The zero-order valence-corrected chi connectivity index (χ0v) is 13.8. The minimum Gasteiger partial charge on any atom is -0.352 e. The molecule has 3 rings (SSSR count). The smallest absolute Gasteiger partial charge is 0.251 e. The summed E-state index contributed by atoms with van der Waals surface area (Å²) in [5.74, 6) is -0.0472. The van der Waals surface area contributed by atoms with Crippen LogP contribution in [0.5, 0.6) is 0 Å². The largest absolute Gasteiger partial charge is 0.352 e. The van der Waals surface area contributed by atoms with Crippen LogP contribution in [0.2, 0.25) is 0 Å². The highest BCUT2D eigenvalue weighted by atomic mass is 16.1. The quantitative estimate of drug-likeness (QED) is 0.776. The van der Waals surface area contributed by atoms with Gasteiger partial charge in [0.25, 0.3) is 11.5 Å². The zero-order valence-electron chi connectivity index (χ0n) is 13.8. The third-order valence-corrected chi connectivity index (χ3v) is 4.18. The molecule has 24 heavy (non-hydrogen) atoms. The lowest BCUT2D eigenvalue weighted by molar-refractivity contribution is 0.0953. The van der Waals surface area contributed by atoms with Crippen LogP contribution in [0.1, 0.15) is 27.0 Å². The molecule has 0 fully saturated rings. The SMILES string of the molecule is Cc1ccccc1C(=O)NCCc1ccc2[nH]c(=O)c(C)cc2c1. The van der Waals surface area contributed by atoms with Gasteiger partial charge in [0.2, 0.25) is 0 Å². The molecule has 0 spiro atoms. The van der Waals surface area contributed by atoms with E-state index in [0.717, 1.165) is 28.5 Å². The van der Waals surface area contributed by atoms with Gasteiger partial charge in [-0.15, -0.1) is 0 Å². The molecule has 0 aliphatic heterocycles. The van der Waals surface area contributed by atoms with Crippen LogP contribution < -0.4 is 10.9 Å². The van der Waals surface area contributed by atoms with E-state index in [1.807, 2.05) is 49.4 Å². The van der Waals surface area contributed by atoms with Crippen molar-refractivity contribution in [3.8, 4) is 0 Å². The number of hydrogen-bond donors (Lipinski definition) is 2. The highest BCUT2D eigenvalue weighted by Gasteiger charge is 2.07. The first-order valence-corrected chi connectivity index (χ1v) is 8.01. The van der Waals surface area contributed by atoms with E-state index in [0.29, 0.717) is 17.7 Å². The number of pyridine rings is 1. The van der Waals surface area contributed by atoms with E-state index in [1.165, 1.54) is 0 Å². The fourth-order valence-corrected chi connectivity index (χ4v) is 2.76. The number of H-pyrrole nitrogens is 1. The molecular formula is C20H20N2O2. The molecular weight excluding hydrogens is 300 g/mol. The monoisotopic (exact) mass is 320 g/mol. The minimum atomic E-state index is -0.0549. The van der Waals surface area contributed by atoms with Crippen molar-refractivity contribution in [3.63, 3.8) is 0 Å². The third-order valence-electron chi connectivity index (χ3n) is 4.18. The molecule has 0 aliphatic carbocycles. The van der Waals surface area contributed by atoms with Gasteiger partial charge in [-0.3, -0.25) is 9.59 Å². The molecule has 0 saturated heterocycles. The number of aromatic amines is 1. The van der Waals surface area contributed by atoms with Gasteiger partial charge in [-0.2, -0.15) is 0 Å². The van der Waals surface area contributed by atoms with Crippen molar-refractivity contribution in [1.29, 1.82) is 0 Å². The van der Waals surface area contributed by atoms with E-state index in [1.54, 1.807) is 6.92 Å². The first-order valence-electron chi connectivity index (χ1n) is 8.01. The Morgan fingerprint density at radius 2 is 1.83 bits per heavy atom. The van der Waals surface area contributed by atoms with Crippen molar-refractivity contribution in [2.24, 2.45) is 0 Å². The Morgan fingerprint density at radius 1 is 1.04 bits per heavy atom. The summed E-state index contributed by atoms with van der Waals surface area (Å²) >= 11 is 0. The van der Waals surface area contributed by atoms with Crippen molar-refractivity contribution in [2.75, 3.05) is 6.54 Å². The van der Waals surface area contributed by atoms with Gasteiger partial charge in [-0.05, 0) is 61.0 Å². The maximum Gasteiger partial charge on any atom is 0.251 e. The lowest BCUT2D eigenvalue weighted by Gasteiger charge is -2.08. The van der Waals surface area contributed by atoms with E-state index in [2.05, 4.69) is 16.4 Å². The second kappa shape index (κ2) is 6.71. The van der Waals surface area contributed by atoms with Gasteiger partial charge >= 0.3 is 0 Å². The summed E-state index contributed by atoms with van der Waals surface area (Å²) in [6, 6.07) is 15.4. The lowest BCUT2D eigenvalue weighted by atomic mass is 10.1. The van der Waals surface area contributed by atoms with Crippen molar-refractivity contribution < 1.29 is 4.79 Å². The molecule has 2 aromatic carbocycles. The third kappa shape index (κ3) is 3.38. The molecule has 1 amide bonds. The van der Waals surface area contributed by atoms with Crippen molar-refractivity contribution in [1.82, 2.24) is 10.3 Å². The number of carbonyl (C=O) groups excluding carboxylic acids is 1. The predicted molar refractivity (Wildman–Crippen MR) is 96.5 cm³/mol. The molecule has 0 radical (unpaired) electrons. The number of carbonyl (C=O) groups is 1. The summed E-state index contributed by atoms with van der Waals surface area (Å²) in [4.78, 5) is 26.7. The number of aryl methyl sites for hydroxylation is 2. The number of nitrogens with one attached hydrogen (secondary N) is 2.